The van der Waals surface area contributed by atoms with E-state index >= 15 is 0 Å². The summed E-state index contributed by atoms with van der Waals surface area (Å²) in [6.07, 6.45) is 7.10. The third-order valence-corrected chi connectivity index (χ3v) is 15.3. The average molecular weight is 754 g/mol. The van der Waals surface area contributed by atoms with Gasteiger partial charge in [-0.25, -0.2) is 8.42 Å². The zero-order chi connectivity index (χ0) is 37.2. The predicted octanol–water partition coefficient (Wildman–Crippen LogP) is 8.55. The number of hydrogen-bond acceptors (Lipinski definition) is 7. The van der Waals surface area contributed by atoms with Crippen molar-refractivity contribution in [1.82, 2.24) is 4.31 Å². The van der Waals surface area contributed by atoms with Crippen LogP contribution in [0, 0.1) is 5.41 Å². The summed E-state index contributed by atoms with van der Waals surface area (Å²) >= 11 is 1.19. The van der Waals surface area contributed by atoms with E-state index < -0.39 is 27.1 Å². The first-order valence-corrected chi connectivity index (χ1v) is 21.3. The number of rotatable bonds is 9. The molecule has 5 atom stereocenters. The van der Waals surface area contributed by atoms with Gasteiger partial charge in [0.15, 0.2) is 5.78 Å². The van der Waals surface area contributed by atoms with Crippen molar-refractivity contribution in [2.75, 3.05) is 19.7 Å². The molecule has 8 rings (SSSR count). The number of carbonyl (C=O) groups is 1. The molecule has 2 fully saturated rings. The first-order chi connectivity index (χ1) is 25.5. The number of ether oxygens (including phenoxy) is 1. The minimum atomic E-state index is -3.91. The summed E-state index contributed by atoms with van der Waals surface area (Å²) in [7, 11) is -3.91. The maximum Gasteiger partial charge on any atom is 0.252 e. The lowest BCUT2D eigenvalue weighted by Crippen LogP contribution is -2.54. The largest absolute Gasteiger partial charge is 0.393 e. The molecular formula is C44H51NO6S2. The summed E-state index contributed by atoms with van der Waals surface area (Å²) in [6, 6.07) is 27.0. The topological polar surface area (TPSA) is 104 Å². The van der Waals surface area contributed by atoms with E-state index in [0.717, 1.165) is 41.5 Å². The molecule has 7 nitrogen and oxygen atoms in total. The van der Waals surface area contributed by atoms with Gasteiger partial charge in [-0.1, -0.05) is 91.4 Å². The summed E-state index contributed by atoms with van der Waals surface area (Å²) in [6.45, 7) is 4.91. The third-order valence-electron chi connectivity index (χ3n) is 12.1. The van der Waals surface area contributed by atoms with Crippen LogP contribution < -0.4 is 0 Å². The fourth-order valence-corrected chi connectivity index (χ4v) is 11.7. The van der Waals surface area contributed by atoms with Crippen LogP contribution in [0.3, 0.4) is 0 Å². The Kier molecular flexibility index (Phi) is 11.2. The number of carbonyl (C=O) groups excluding carboxylic acids is 1. The molecule has 5 unspecified atom stereocenters. The van der Waals surface area contributed by atoms with Crippen molar-refractivity contribution >= 4 is 27.1 Å². The van der Waals surface area contributed by atoms with Crippen LogP contribution in [0.2, 0.25) is 0 Å². The number of hydrogen-bond donors (Lipinski definition) is 2. The summed E-state index contributed by atoms with van der Waals surface area (Å²) in [4.78, 5) is 15.0. The molecular weight excluding hydrogens is 703 g/mol. The summed E-state index contributed by atoms with van der Waals surface area (Å²) in [5, 5.41) is 25.9. The van der Waals surface area contributed by atoms with Crippen LogP contribution in [0.4, 0.5) is 0 Å². The molecule has 4 aromatic rings. The number of benzene rings is 3. The average Bonchev–Trinajstić information content (AvgIpc) is 3.94. The van der Waals surface area contributed by atoms with Crippen LogP contribution in [0.15, 0.2) is 106 Å². The molecule has 0 spiro atoms. The van der Waals surface area contributed by atoms with E-state index in [1.54, 1.807) is 17.5 Å². The van der Waals surface area contributed by atoms with Crippen molar-refractivity contribution in [2.24, 2.45) is 5.41 Å². The van der Waals surface area contributed by atoms with Gasteiger partial charge >= 0.3 is 0 Å². The minimum Gasteiger partial charge on any atom is -0.393 e. The Balaban J connectivity index is 1.34. The molecule has 280 valence electrons. The van der Waals surface area contributed by atoms with Gasteiger partial charge in [-0.3, -0.25) is 4.79 Å². The Bertz CT molecular complexity index is 2040. The smallest absolute Gasteiger partial charge is 0.252 e. The molecule has 2 heterocycles. The van der Waals surface area contributed by atoms with Gasteiger partial charge in [0.1, 0.15) is 4.21 Å². The van der Waals surface area contributed by atoms with Crippen LogP contribution in [0.25, 0.3) is 11.1 Å². The highest BCUT2D eigenvalue weighted by Crippen LogP contribution is 2.59. The lowest BCUT2D eigenvalue weighted by Gasteiger charge is -2.46. The monoisotopic (exact) mass is 753 g/mol. The standard InChI is InChI=1S/C44H51NO6S2/c1-31-11-8-23-43(2)40(22-24-44(43,48)30-45(29-35-14-9-25-51-35)53(49,50)41-17-10-26-52-41)37-21-19-32(27-34(46)20-18-31)28-39(37)42(47)38-16-7-6-15-36(38)33-12-4-3-5-13-33/h3-7,10-13,15-17,19,21,26,28,34-35,40,46,48H,8-9,14,18,20,22-25,27,29-30H2,1-2H3. The predicted molar refractivity (Wildman–Crippen MR) is 211 cm³/mol. The zero-order valence-corrected chi connectivity index (χ0v) is 32.4. The third kappa shape index (κ3) is 7.75. The van der Waals surface area contributed by atoms with Gasteiger partial charge in [-0.15, -0.1) is 11.3 Å². The minimum absolute atomic E-state index is 0.0623. The van der Waals surface area contributed by atoms with Gasteiger partial charge in [0.05, 0.1) is 17.8 Å². The molecule has 9 heteroatoms. The number of thiophene rings is 1. The Labute approximate surface area is 318 Å². The first-order valence-electron chi connectivity index (χ1n) is 19.0. The van der Waals surface area contributed by atoms with E-state index in [1.165, 1.54) is 21.2 Å². The summed E-state index contributed by atoms with van der Waals surface area (Å²) in [5.74, 6) is -0.336. The maximum absolute atomic E-state index is 15.0. The van der Waals surface area contributed by atoms with Crippen molar-refractivity contribution in [3.63, 3.8) is 0 Å². The normalized spacial score (nSPS) is 26.7. The molecule has 1 aliphatic heterocycles. The van der Waals surface area contributed by atoms with E-state index in [9.17, 15) is 23.4 Å². The molecule has 2 N–H and O–H groups in total. The summed E-state index contributed by atoms with van der Waals surface area (Å²) < 4.78 is 36.2. The molecule has 53 heavy (non-hydrogen) atoms. The van der Waals surface area contributed by atoms with Crippen molar-refractivity contribution in [3.8, 4) is 11.1 Å². The van der Waals surface area contributed by atoms with Gasteiger partial charge in [0.2, 0.25) is 0 Å². The van der Waals surface area contributed by atoms with Gasteiger partial charge in [-0.05, 0) is 110 Å². The highest BCUT2D eigenvalue weighted by atomic mass is 32.2. The molecule has 3 aliphatic carbocycles. The number of fused-ring (bicyclic) bond motifs is 8. The first kappa shape index (κ1) is 37.9. The highest BCUT2D eigenvalue weighted by molar-refractivity contribution is 7.91. The second-order valence-corrected chi connectivity index (χ2v) is 18.7. The number of ketones is 1. The number of nitrogens with zero attached hydrogens (tertiary/aromatic N) is 1. The van der Waals surface area contributed by atoms with Crippen molar-refractivity contribution < 1.29 is 28.2 Å². The Hall–Kier alpha value is -3.44. The molecule has 4 aliphatic rings. The number of allylic oxidation sites excluding steroid dienone is 2. The second kappa shape index (κ2) is 15.7. The van der Waals surface area contributed by atoms with Crippen molar-refractivity contribution in [3.05, 3.63) is 124 Å². The fraction of sp³-hybridized carbons (Fsp3) is 0.432. The van der Waals surface area contributed by atoms with Crippen LogP contribution >= 0.6 is 11.3 Å². The molecule has 1 aromatic heterocycles. The van der Waals surface area contributed by atoms with Gasteiger partial charge in [0, 0.05) is 36.2 Å². The van der Waals surface area contributed by atoms with E-state index in [1.807, 2.05) is 72.8 Å². The second-order valence-electron chi connectivity index (χ2n) is 15.6. The maximum atomic E-state index is 15.0. The van der Waals surface area contributed by atoms with Crippen LogP contribution in [0.1, 0.15) is 98.2 Å². The quantitative estimate of drug-likeness (QED) is 0.131. The zero-order valence-electron chi connectivity index (χ0n) is 30.7. The molecule has 2 bridgehead atoms. The van der Waals surface area contributed by atoms with Crippen LogP contribution in [-0.2, 0) is 21.2 Å². The van der Waals surface area contributed by atoms with E-state index in [4.69, 9.17) is 4.74 Å². The number of sulfonamides is 1. The van der Waals surface area contributed by atoms with E-state index in [2.05, 4.69) is 19.9 Å². The number of aliphatic hydroxyl groups is 2. The van der Waals surface area contributed by atoms with E-state index in [0.29, 0.717) is 56.3 Å². The SMILES string of the molecule is CC1=CCCC2(C)C(CCC2(O)CN(CC2CCCO2)S(=O)(=O)c2cccs2)c2ccc(cc2C(=O)c2ccccc2-c2ccccc2)CC(O)CC1. The van der Waals surface area contributed by atoms with Crippen LogP contribution in [-0.4, -0.2) is 66.2 Å². The molecule has 0 radical (unpaired) electrons. The molecule has 1 saturated carbocycles. The Morgan fingerprint density at radius 1 is 0.962 bits per heavy atom. The molecule has 1 saturated heterocycles. The van der Waals surface area contributed by atoms with Crippen molar-refractivity contribution in [2.45, 2.75) is 99.6 Å². The lowest BCUT2D eigenvalue weighted by molar-refractivity contribution is -0.0754. The van der Waals surface area contributed by atoms with Crippen molar-refractivity contribution in [1.29, 1.82) is 0 Å². The Morgan fingerprint density at radius 3 is 2.51 bits per heavy atom. The van der Waals surface area contributed by atoms with Gasteiger partial charge in [-0.2, -0.15) is 4.31 Å². The van der Waals surface area contributed by atoms with E-state index in [-0.39, 0.29) is 35.1 Å². The van der Waals surface area contributed by atoms with Crippen LogP contribution in [0.5, 0.6) is 0 Å². The lowest BCUT2D eigenvalue weighted by atomic mass is 9.64. The summed E-state index contributed by atoms with van der Waals surface area (Å²) in [5.41, 5.74) is 3.72. The van der Waals surface area contributed by atoms with Gasteiger partial charge in [0.25, 0.3) is 10.0 Å². The highest BCUT2D eigenvalue weighted by Gasteiger charge is 2.58. The molecule has 3 aromatic carbocycles. The molecule has 0 amide bonds. The number of aliphatic hydroxyl groups excluding tert-OH is 1. The Morgan fingerprint density at radius 2 is 1.75 bits per heavy atom. The van der Waals surface area contributed by atoms with Gasteiger partial charge < -0.3 is 14.9 Å². The fourth-order valence-electron chi connectivity index (χ4n) is 8.98.